The van der Waals surface area contributed by atoms with Gasteiger partial charge in [-0.3, -0.25) is 4.99 Å². The molecular weight excluding hydrogens is 465 g/mol. The molecule has 0 aliphatic carbocycles. The number of nitrogens with zero attached hydrogens (tertiary/aromatic N) is 5. The molecule has 0 spiro atoms. The highest BCUT2D eigenvalue weighted by molar-refractivity contribution is 14.0. The zero-order chi connectivity index (χ0) is 19.1. The lowest BCUT2D eigenvalue weighted by atomic mass is 10.0. The van der Waals surface area contributed by atoms with Gasteiger partial charge in [0, 0.05) is 51.4 Å². The third-order valence-electron chi connectivity index (χ3n) is 5.04. The molecular formula is C20H32IN7. The van der Waals surface area contributed by atoms with Crippen LogP contribution < -0.4 is 15.5 Å². The predicted molar refractivity (Wildman–Crippen MR) is 126 cm³/mol. The van der Waals surface area contributed by atoms with Gasteiger partial charge in [-0.15, -0.1) is 34.2 Å². The van der Waals surface area contributed by atoms with Gasteiger partial charge in [-0.25, -0.2) is 0 Å². The SMILES string of the molecule is CCc1nncn1CCNC(=NC)NC1CCCN(c2ccc(C)cc2)C1.I. The van der Waals surface area contributed by atoms with E-state index in [9.17, 15) is 0 Å². The Hall–Kier alpha value is -1.84. The van der Waals surface area contributed by atoms with Crippen molar-refractivity contribution >= 4 is 35.6 Å². The fourth-order valence-electron chi connectivity index (χ4n) is 3.51. The molecule has 7 nitrogen and oxygen atoms in total. The van der Waals surface area contributed by atoms with Gasteiger partial charge in [-0.2, -0.15) is 0 Å². The zero-order valence-electron chi connectivity index (χ0n) is 17.1. The maximum Gasteiger partial charge on any atom is 0.191 e. The van der Waals surface area contributed by atoms with Crippen molar-refractivity contribution in [2.45, 2.75) is 45.7 Å². The normalized spacial score (nSPS) is 17.2. The third-order valence-corrected chi connectivity index (χ3v) is 5.04. The van der Waals surface area contributed by atoms with Gasteiger partial charge in [0.15, 0.2) is 5.96 Å². The first-order valence-electron chi connectivity index (χ1n) is 9.85. The number of nitrogens with one attached hydrogen (secondary N) is 2. The number of halogens is 1. The molecule has 1 aromatic carbocycles. The smallest absolute Gasteiger partial charge is 0.191 e. The van der Waals surface area contributed by atoms with Gasteiger partial charge in [-0.05, 0) is 31.9 Å². The minimum Gasteiger partial charge on any atom is -0.369 e. The van der Waals surface area contributed by atoms with E-state index in [1.54, 1.807) is 6.33 Å². The Morgan fingerprint density at radius 2 is 2.07 bits per heavy atom. The summed E-state index contributed by atoms with van der Waals surface area (Å²) in [4.78, 5) is 6.85. The van der Waals surface area contributed by atoms with E-state index in [0.717, 1.165) is 50.8 Å². The number of aryl methyl sites for hydroxylation is 2. The van der Waals surface area contributed by atoms with Crippen LogP contribution in [0.15, 0.2) is 35.6 Å². The van der Waals surface area contributed by atoms with Gasteiger partial charge in [0.25, 0.3) is 0 Å². The van der Waals surface area contributed by atoms with Gasteiger partial charge < -0.3 is 20.1 Å². The summed E-state index contributed by atoms with van der Waals surface area (Å²) in [6, 6.07) is 9.20. The van der Waals surface area contributed by atoms with Crippen LogP contribution in [0.4, 0.5) is 5.69 Å². The molecule has 1 atom stereocenters. The largest absolute Gasteiger partial charge is 0.369 e. The van der Waals surface area contributed by atoms with Crippen LogP contribution in [0.2, 0.25) is 0 Å². The maximum absolute atomic E-state index is 4.39. The Bertz CT molecular complexity index is 741. The van der Waals surface area contributed by atoms with Crippen molar-refractivity contribution in [1.29, 1.82) is 0 Å². The number of piperidine rings is 1. The Morgan fingerprint density at radius 1 is 1.29 bits per heavy atom. The maximum atomic E-state index is 4.39. The second-order valence-electron chi connectivity index (χ2n) is 7.06. The highest BCUT2D eigenvalue weighted by Gasteiger charge is 2.21. The van der Waals surface area contributed by atoms with Gasteiger partial charge in [0.1, 0.15) is 12.2 Å². The van der Waals surface area contributed by atoms with Crippen LogP contribution in [0, 0.1) is 6.92 Å². The van der Waals surface area contributed by atoms with E-state index in [0.29, 0.717) is 6.04 Å². The minimum atomic E-state index is 0. The van der Waals surface area contributed by atoms with E-state index in [-0.39, 0.29) is 24.0 Å². The van der Waals surface area contributed by atoms with Crippen LogP contribution in [-0.4, -0.2) is 53.4 Å². The Balaban J connectivity index is 0.00000280. The predicted octanol–water partition coefficient (Wildman–Crippen LogP) is 2.60. The van der Waals surface area contributed by atoms with Crippen LogP contribution >= 0.6 is 24.0 Å². The molecule has 2 aromatic rings. The quantitative estimate of drug-likeness (QED) is 0.365. The minimum absolute atomic E-state index is 0. The summed E-state index contributed by atoms with van der Waals surface area (Å²) in [6.45, 7) is 7.95. The van der Waals surface area contributed by atoms with Crippen molar-refractivity contribution < 1.29 is 0 Å². The van der Waals surface area contributed by atoms with Crippen LogP contribution in [0.3, 0.4) is 0 Å². The van der Waals surface area contributed by atoms with Crippen LogP contribution in [0.1, 0.15) is 31.2 Å². The first kappa shape index (κ1) is 22.4. The number of benzene rings is 1. The summed E-state index contributed by atoms with van der Waals surface area (Å²) in [5.41, 5.74) is 2.60. The van der Waals surface area contributed by atoms with Crippen molar-refractivity contribution in [2.24, 2.45) is 4.99 Å². The average Bonchev–Trinajstić information content (AvgIpc) is 3.15. The molecule has 1 saturated heterocycles. The second kappa shape index (κ2) is 11.2. The summed E-state index contributed by atoms with van der Waals surface area (Å²) < 4.78 is 2.08. The van der Waals surface area contributed by atoms with E-state index in [2.05, 4.69) is 73.4 Å². The molecule has 1 aromatic heterocycles. The lowest BCUT2D eigenvalue weighted by Crippen LogP contribution is -2.51. The van der Waals surface area contributed by atoms with Crippen LogP contribution in [-0.2, 0) is 13.0 Å². The number of aliphatic imine (C=N–C) groups is 1. The van der Waals surface area contributed by atoms with Crippen LogP contribution in [0.5, 0.6) is 0 Å². The average molecular weight is 497 g/mol. The summed E-state index contributed by atoms with van der Waals surface area (Å²) in [5, 5.41) is 15.1. The molecule has 0 amide bonds. The fraction of sp³-hybridized carbons (Fsp3) is 0.550. The van der Waals surface area contributed by atoms with Crippen LogP contribution in [0.25, 0.3) is 0 Å². The second-order valence-corrected chi connectivity index (χ2v) is 7.06. The molecule has 154 valence electrons. The number of rotatable bonds is 6. The molecule has 0 bridgehead atoms. The highest BCUT2D eigenvalue weighted by Crippen LogP contribution is 2.20. The summed E-state index contributed by atoms with van der Waals surface area (Å²) >= 11 is 0. The molecule has 3 rings (SSSR count). The lowest BCUT2D eigenvalue weighted by molar-refractivity contribution is 0.467. The van der Waals surface area contributed by atoms with Crippen molar-refractivity contribution in [3.05, 3.63) is 42.0 Å². The topological polar surface area (TPSA) is 70.4 Å². The lowest BCUT2D eigenvalue weighted by Gasteiger charge is -2.35. The number of hydrogen-bond donors (Lipinski definition) is 2. The molecule has 28 heavy (non-hydrogen) atoms. The molecule has 0 saturated carbocycles. The Labute approximate surface area is 185 Å². The van der Waals surface area contributed by atoms with Gasteiger partial charge >= 0.3 is 0 Å². The standard InChI is InChI=1S/C20H31N7.HI/c1-4-19-25-23-15-27(19)13-11-22-20(21-3)24-17-6-5-12-26(14-17)18-9-7-16(2)8-10-18;/h7-10,15,17H,4-6,11-14H2,1-3H3,(H2,21,22,24);1H. The monoisotopic (exact) mass is 497 g/mol. The van der Waals surface area contributed by atoms with Crippen molar-refractivity contribution in [2.75, 3.05) is 31.6 Å². The first-order valence-corrected chi connectivity index (χ1v) is 9.85. The fourth-order valence-corrected chi connectivity index (χ4v) is 3.51. The molecule has 1 fully saturated rings. The van der Waals surface area contributed by atoms with Crippen molar-refractivity contribution in [1.82, 2.24) is 25.4 Å². The van der Waals surface area contributed by atoms with E-state index in [1.807, 2.05) is 7.05 Å². The molecule has 8 heteroatoms. The number of anilines is 1. The van der Waals surface area contributed by atoms with E-state index < -0.39 is 0 Å². The number of guanidine groups is 1. The summed E-state index contributed by atoms with van der Waals surface area (Å²) in [6.07, 6.45) is 5.03. The third kappa shape index (κ3) is 6.08. The molecule has 2 N–H and O–H groups in total. The zero-order valence-corrected chi connectivity index (χ0v) is 19.4. The van der Waals surface area contributed by atoms with Gasteiger partial charge in [-0.1, -0.05) is 24.6 Å². The van der Waals surface area contributed by atoms with Gasteiger partial charge in [0.2, 0.25) is 0 Å². The van der Waals surface area contributed by atoms with E-state index >= 15 is 0 Å². The summed E-state index contributed by atoms with van der Waals surface area (Å²) in [5.74, 6) is 1.87. The van der Waals surface area contributed by atoms with Crippen molar-refractivity contribution in [3.8, 4) is 0 Å². The van der Waals surface area contributed by atoms with Gasteiger partial charge in [0.05, 0.1) is 0 Å². The number of hydrogen-bond acceptors (Lipinski definition) is 4. The van der Waals surface area contributed by atoms with Crippen molar-refractivity contribution in [3.63, 3.8) is 0 Å². The number of aromatic nitrogens is 3. The van der Waals surface area contributed by atoms with E-state index in [1.165, 1.54) is 17.7 Å². The molecule has 1 aliphatic heterocycles. The first-order chi connectivity index (χ1) is 13.2. The Morgan fingerprint density at radius 3 is 2.79 bits per heavy atom. The molecule has 1 aliphatic rings. The van der Waals surface area contributed by atoms with E-state index in [4.69, 9.17) is 0 Å². The Kier molecular flexibility index (Phi) is 9.01. The molecule has 2 heterocycles. The molecule has 0 radical (unpaired) electrons. The highest BCUT2D eigenvalue weighted by atomic mass is 127. The molecule has 1 unspecified atom stereocenters. The summed E-state index contributed by atoms with van der Waals surface area (Å²) in [7, 11) is 1.83.